The molecule has 0 saturated carbocycles. The summed E-state index contributed by atoms with van der Waals surface area (Å²) in [6.45, 7) is 3.72. The Morgan fingerprint density at radius 2 is 1.70 bits per heavy atom. The van der Waals surface area contributed by atoms with Gasteiger partial charge in [0.1, 0.15) is 0 Å². The first kappa shape index (κ1) is 18.8. The topological polar surface area (TPSA) is 65.1 Å². The Hall–Kier alpha value is -2.20. The second kappa shape index (κ2) is 7.38. The number of carbonyl (C=O) groups excluding carboxylic acids is 2. The lowest BCUT2D eigenvalue weighted by Gasteiger charge is -2.24. The first-order valence-electron chi connectivity index (χ1n) is 6.15. The summed E-state index contributed by atoms with van der Waals surface area (Å²) in [5.41, 5.74) is -0.839. The Morgan fingerprint density at radius 1 is 1.17 bits per heavy atom. The summed E-state index contributed by atoms with van der Waals surface area (Å²) in [7, 11) is 0. The minimum atomic E-state index is -1.88. The lowest BCUT2D eigenvalue weighted by Crippen LogP contribution is -2.35. The van der Waals surface area contributed by atoms with Gasteiger partial charge in [0.2, 0.25) is 17.4 Å². The number of halogens is 4. The predicted octanol–water partition coefficient (Wildman–Crippen LogP) is 2.27. The van der Waals surface area contributed by atoms with Crippen LogP contribution in [0.1, 0.15) is 20.8 Å². The molecule has 1 aromatic carbocycles. The lowest BCUT2D eigenvalue weighted by molar-refractivity contribution is -0.364. The maximum absolute atomic E-state index is 13.3. The molecule has 0 aromatic heterocycles. The first-order valence-corrected chi connectivity index (χ1v) is 6.15. The molecular weight excluding hydrogens is 326 g/mol. The smallest absolute Gasteiger partial charge is 0.340 e. The van der Waals surface area contributed by atoms with Crippen LogP contribution >= 0.6 is 0 Å². The molecule has 0 bridgehead atoms. The standard InChI is InChI=1S/C13H13F4NO5/c1-13(2,3)23-18(6-19)21-5-9(20)22-12-10(16)7(14)4-8(15)11(12)17/h4,6H,5H2,1-3H3. The van der Waals surface area contributed by atoms with Crippen LogP contribution in [0.15, 0.2) is 6.07 Å². The number of amides is 1. The minimum absolute atomic E-state index is 0.0379. The van der Waals surface area contributed by atoms with Crippen LogP contribution in [0.3, 0.4) is 0 Å². The van der Waals surface area contributed by atoms with Gasteiger partial charge in [0.05, 0.1) is 5.60 Å². The summed E-state index contributed by atoms with van der Waals surface area (Å²) in [6.07, 6.45) is 0.0849. The van der Waals surface area contributed by atoms with Gasteiger partial charge in [-0.3, -0.25) is 4.79 Å². The molecule has 0 spiro atoms. The summed E-state index contributed by atoms with van der Waals surface area (Å²) >= 11 is 0. The Labute approximate surface area is 128 Å². The molecule has 0 fully saturated rings. The van der Waals surface area contributed by atoms with Gasteiger partial charge in [0, 0.05) is 6.07 Å². The zero-order valence-electron chi connectivity index (χ0n) is 12.4. The Bertz CT molecular complexity index is 577. The third kappa shape index (κ3) is 5.49. The number of carbonyl (C=O) groups is 2. The number of esters is 1. The van der Waals surface area contributed by atoms with Crippen LogP contribution in [0, 0.1) is 23.3 Å². The van der Waals surface area contributed by atoms with E-state index < -0.39 is 47.2 Å². The van der Waals surface area contributed by atoms with Crippen LogP contribution in [0.2, 0.25) is 0 Å². The van der Waals surface area contributed by atoms with Gasteiger partial charge in [-0.2, -0.15) is 8.78 Å². The van der Waals surface area contributed by atoms with E-state index in [0.717, 1.165) is 0 Å². The molecule has 0 saturated heterocycles. The van der Waals surface area contributed by atoms with Crippen molar-refractivity contribution in [2.45, 2.75) is 26.4 Å². The highest BCUT2D eigenvalue weighted by Crippen LogP contribution is 2.26. The molecular formula is C13H13F4NO5. The minimum Gasteiger partial charge on any atom is -0.418 e. The molecule has 1 rings (SSSR count). The molecule has 0 radical (unpaired) electrons. The summed E-state index contributed by atoms with van der Waals surface area (Å²) in [5, 5.41) is 0.292. The number of nitrogens with zero attached hydrogens (tertiary/aromatic N) is 1. The Balaban J connectivity index is 2.73. The van der Waals surface area contributed by atoms with Crippen LogP contribution in [0.5, 0.6) is 5.75 Å². The van der Waals surface area contributed by atoms with E-state index in [1.54, 1.807) is 20.8 Å². The van der Waals surface area contributed by atoms with Gasteiger partial charge in [-0.15, -0.1) is 0 Å². The fourth-order valence-electron chi connectivity index (χ4n) is 1.25. The van der Waals surface area contributed by atoms with E-state index in [9.17, 15) is 27.2 Å². The van der Waals surface area contributed by atoms with Gasteiger partial charge in [-0.05, 0) is 20.8 Å². The molecule has 1 aromatic rings. The summed E-state index contributed by atoms with van der Waals surface area (Å²) in [5.74, 6) is -10.2. The second-order valence-electron chi connectivity index (χ2n) is 5.14. The second-order valence-corrected chi connectivity index (χ2v) is 5.14. The Kier molecular flexibility index (Phi) is 6.05. The van der Waals surface area contributed by atoms with E-state index in [1.165, 1.54) is 0 Å². The van der Waals surface area contributed by atoms with Gasteiger partial charge in [-0.1, -0.05) is 5.23 Å². The highest BCUT2D eigenvalue weighted by atomic mass is 19.2. The molecule has 10 heteroatoms. The zero-order valence-corrected chi connectivity index (χ0v) is 12.4. The quantitative estimate of drug-likeness (QED) is 0.199. The van der Waals surface area contributed by atoms with Crippen molar-refractivity contribution in [2.24, 2.45) is 0 Å². The highest BCUT2D eigenvalue weighted by Gasteiger charge is 2.24. The van der Waals surface area contributed by atoms with Gasteiger partial charge in [0.15, 0.2) is 18.2 Å². The van der Waals surface area contributed by atoms with Gasteiger partial charge in [0.25, 0.3) is 6.41 Å². The van der Waals surface area contributed by atoms with Gasteiger partial charge in [-0.25, -0.2) is 23.3 Å². The molecule has 0 aliphatic rings. The molecule has 1 amide bonds. The summed E-state index contributed by atoms with van der Waals surface area (Å²) in [4.78, 5) is 31.6. The largest absolute Gasteiger partial charge is 0.418 e. The maximum atomic E-state index is 13.3. The van der Waals surface area contributed by atoms with Crippen molar-refractivity contribution in [1.82, 2.24) is 5.23 Å². The van der Waals surface area contributed by atoms with Crippen molar-refractivity contribution in [2.75, 3.05) is 6.61 Å². The Morgan fingerprint density at radius 3 is 2.13 bits per heavy atom. The number of hydrogen-bond acceptors (Lipinski definition) is 5. The number of rotatable bonds is 6. The van der Waals surface area contributed by atoms with Crippen LogP contribution in [0.25, 0.3) is 0 Å². The van der Waals surface area contributed by atoms with Crippen LogP contribution in [-0.2, 0) is 19.3 Å². The molecule has 0 heterocycles. The molecule has 0 unspecified atom stereocenters. The lowest BCUT2D eigenvalue weighted by atomic mass is 10.2. The van der Waals surface area contributed by atoms with Crippen molar-refractivity contribution in [3.8, 4) is 5.75 Å². The van der Waals surface area contributed by atoms with Crippen LogP contribution in [0.4, 0.5) is 17.6 Å². The molecule has 128 valence electrons. The third-order valence-corrected chi connectivity index (χ3v) is 2.05. The number of benzene rings is 1. The fraction of sp³-hybridized carbons (Fsp3) is 0.385. The van der Waals surface area contributed by atoms with E-state index >= 15 is 0 Å². The SMILES string of the molecule is CC(C)(C)ON(C=O)OCC(=O)Oc1c(F)c(F)cc(F)c1F. The number of ether oxygens (including phenoxy) is 1. The van der Waals surface area contributed by atoms with E-state index in [-0.39, 0.29) is 12.5 Å². The average Bonchev–Trinajstić information content (AvgIpc) is 2.44. The monoisotopic (exact) mass is 339 g/mol. The van der Waals surface area contributed by atoms with E-state index in [4.69, 9.17) is 4.84 Å². The van der Waals surface area contributed by atoms with E-state index in [2.05, 4.69) is 9.57 Å². The normalized spacial score (nSPS) is 11.3. The molecule has 0 aliphatic heterocycles. The van der Waals surface area contributed by atoms with Crippen molar-refractivity contribution in [3.63, 3.8) is 0 Å². The van der Waals surface area contributed by atoms with Crippen molar-refractivity contribution in [1.29, 1.82) is 0 Å². The predicted molar refractivity (Wildman–Crippen MR) is 66.6 cm³/mol. The summed E-state index contributed by atoms with van der Waals surface area (Å²) < 4.78 is 56.7. The van der Waals surface area contributed by atoms with Crippen molar-refractivity contribution in [3.05, 3.63) is 29.3 Å². The zero-order chi connectivity index (χ0) is 17.8. The van der Waals surface area contributed by atoms with Crippen LogP contribution in [-0.4, -0.2) is 29.8 Å². The molecule has 6 nitrogen and oxygen atoms in total. The molecule has 23 heavy (non-hydrogen) atoms. The van der Waals surface area contributed by atoms with Crippen LogP contribution < -0.4 is 4.74 Å². The fourth-order valence-corrected chi connectivity index (χ4v) is 1.25. The first-order chi connectivity index (χ1) is 10.5. The summed E-state index contributed by atoms with van der Waals surface area (Å²) in [6, 6.07) is -0.0379. The third-order valence-electron chi connectivity index (χ3n) is 2.05. The highest BCUT2D eigenvalue weighted by molar-refractivity contribution is 5.73. The molecule has 0 N–H and O–H groups in total. The molecule has 0 atom stereocenters. The molecule has 0 aliphatic carbocycles. The van der Waals surface area contributed by atoms with E-state index in [1.807, 2.05) is 0 Å². The van der Waals surface area contributed by atoms with Crippen molar-refractivity contribution < 1.29 is 41.6 Å². The number of hydrogen-bond donors (Lipinski definition) is 0. The average molecular weight is 339 g/mol. The van der Waals surface area contributed by atoms with Crippen molar-refractivity contribution >= 4 is 12.4 Å². The van der Waals surface area contributed by atoms with Gasteiger partial charge >= 0.3 is 5.97 Å². The maximum Gasteiger partial charge on any atom is 0.340 e. The number of hydroxylamine groups is 2. The van der Waals surface area contributed by atoms with Gasteiger partial charge < -0.3 is 4.74 Å². The van der Waals surface area contributed by atoms with E-state index in [0.29, 0.717) is 5.23 Å².